The zero-order valence-corrected chi connectivity index (χ0v) is 25.6. The number of hydrogen-bond acceptors (Lipinski definition) is 0. The molecule has 0 unspecified atom stereocenters. The molecule has 0 radical (unpaired) electrons. The van der Waals surface area contributed by atoms with Crippen molar-refractivity contribution in [3.8, 4) is 66.8 Å². The highest BCUT2D eigenvalue weighted by molar-refractivity contribution is 5.88. The number of benzene rings is 7. The van der Waals surface area contributed by atoms with Gasteiger partial charge in [-0.3, -0.25) is 0 Å². The summed E-state index contributed by atoms with van der Waals surface area (Å²) in [5.74, 6) is 0. The summed E-state index contributed by atoms with van der Waals surface area (Å²) >= 11 is 0. The van der Waals surface area contributed by atoms with Crippen LogP contribution in [0.15, 0.2) is 169 Å². The van der Waals surface area contributed by atoms with Crippen molar-refractivity contribution in [3.63, 3.8) is 0 Å². The Bertz CT molecular complexity index is 3470. The Morgan fingerprint density at radius 3 is 1.23 bits per heavy atom. The van der Waals surface area contributed by atoms with E-state index in [4.69, 9.17) is 26.0 Å². The number of rotatable bonds is 6. The van der Waals surface area contributed by atoms with Crippen LogP contribution in [0.3, 0.4) is 0 Å². The molecule has 0 aliphatic heterocycles. The predicted octanol–water partition coefficient (Wildman–Crippen LogP) is 13.3. The molecule has 0 nitrogen and oxygen atoms in total. The van der Waals surface area contributed by atoms with E-state index in [1.54, 1.807) is 0 Å². The second kappa shape index (κ2) is 12.7. The minimum absolute atomic E-state index is 0.121. The summed E-state index contributed by atoms with van der Waals surface area (Å²) in [6.07, 6.45) is 0. The van der Waals surface area contributed by atoms with Crippen LogP contribution in [-0.4, -0.2) is 0 Å². The summed E-state index contributed by atoms with van der Waals surface area (Å²) in [7, 11) is 0. The van der Waals surface area contributed by atoms with Gasteiger partial charge in [-0.15, -0.1) is 0 Å². The summed E-state index contributed by atoms with van der Waals surface area (Å²) < 4.78 is 242. The van der Waals surface area contributed by atoms with Crippen LogP contribution in [0, 0.1) is 6.92 Å². The Balaban J connectivity index is 1.84. The quantitative estimate of drug-likeness (QED) is 0.171. The van der Waals surface area contributed by atoms with E-state index >= 15 is 0 Å². The molecule has 0 amide bonds. The molecule has 228 valence electrons. The minimum Gasteiger partial charge on any atom is -0.0622 e. The molecule has 0 saturated carbocycles. The smallest absolute Gasteiger partial charge is 0.0622 e. The van der Waals surface area contributed by atoms with E-state index in [9.17, 15) is 11.0 Å². The summed E-state index contributed by atoms with van der Waals surface area (Å²) in [5, 5.41) is 0. The maximum absolute atomic E-state index is 9.87. The largest absolute Gasteiger partial charge is 0.0636 e. The van der Waals surface area contributed by atoms with E-state index in [-0.39, 0.29) is 11.1 Å². The van der Waals surface area contributed by atoms with Gasteiger partial charge in [-0.1, -0.05) is 159 Å². The minimum atomic E-state index is -1.52. The number of hydrogen-bond donors (Lipinski definition) is 0. The molecule has 0 aliphatic rings. The highest BCUT2D eigenvalue weighted by Crippen LogP contribution is 2.44. The Labute approximate surface area is 318 Å². The third kappa shape index (κ3) is 6.46. The van der Waals surface area contributed by atoms with Gasteiger partial charge in [0.2, 0.25) is 0 Å². The molecular weight excluding hydrogens is 565 g/mol. The van der Waals surface area contributed by atoms with Crippen LogP contribution in [0.4, 0.5) is 0 Å². The van der Waals surface area contributed by atoms with E-state index in [0.29, 0.717) is 0 Å². The first-order valence-electron chi connectivity index (χ1n) is 27.8. The van der Waals surface area contributed by atoms with Crippen molar-refractivity contribution in [1.82, 2.24) is 0 Å². The molecule has 0 aliphatic carbocycles. The second-order valence-electron chi connectivity index (χ2n) is 11.3. The SMILES string of the molecule is [2H]c1c([2H])c([2H])c(-c2cc(-c3c([2H])c([2H])c([2H])c(-c4c([2H])c(-c5c([2H])c([2H])c([2H])c([2H])c5[2H])c([2H])c(-c5c([2H])c([2H])c([2H])c([2H])c5[2H])c4[2H])c3C(C)(C)C)c([2H])c(-c3c([2H])c([2H])c(C)c([2H])c3[2H])c2[2H])c([2H])c1[2H]. The van der Waals surface area contributed by atoms with Crippen molar-refractivity contribution in [1.29, 1.82) is 0 Å². The van der Waals surface area contributed by atoms with Crippen LogP contribution < -0.4 is 0 Å². The molecule has 0 heteroatoms. The molecule has 7 aromatic carbocycles. The monoisotopic (exact) mass is 631 g/mol. The van der Waals surface area contributed by atoms with E-state index in [2.05, 4.69) is 0 Å². The predicted molar refractivity (Wildman–Crippen MR) is 202 cm³/mol. The van der Waals surface area contributed by atoms with Crippen LogP contribution in [0.25, 0.3) is 66.8 Å². The second-order valence-corrected chi connectivity index (χ2v) is 11.3. The molecule has 0 fully saturated rings. The van der Waals surface area contributed by atoms with Crippen LogP contribution in [0.2, 0.25) is 0 Å². The molecule has 0 N–H and O–H groups in total. The Kier molecular flexibility index (Phi) is 3.33. The summed E-state index contributed by atoms with van der Waals surface area (Å²) in [6.45, 7) is 5.79. The molecule has 0 bridgehead atoms. The van der Waals surface area contributed by atoms with Crippen LogP contribution in [-0.2, 0) is 5.41 Å². The lowest BCUT2D eigenvalue weighted by molar-refractivity contribution is 0.593. The van der Waals surface area contributed by atoms with Crippen molar-refractivity contribution in [2.45, 2.75) is 33.1 Å². The van der Waals surface area contributed by atoms with E-state index in [1.807, 2.05) is 0 Å². The van der Waals surface area contributed by atoms with Gasteiger partial charge in [0.05, 0.1) is 37.0 Å². The van der Waals surface area contributed by atoms with Crippen molar-refractivity contribution in [3.05, 3.63) is 180 Å². The fraction of sp³-hybridized carbons (Fsp3) is 0.106. The van der Waals surface area contributed by atoms with Gasteiger partial charge in [0.25, 0.3) is 0 Å². The van der Waals surface area contributed by atoms with Gasteiger partial charge in [0.1, 0.15) is 0 Å². The van der Waals surface area contributed by atoms with Gasteiger partial charge in [-0.2, -0.15) is 0 Å². The molecule has 0 heterocycles. The zero-order valence-electron chi connectivity index (χ0n) is 52.6. The van der Waals surface area contributed by atoms with E-state index in [0.717, 1.165) is 6.07 Å². The lowest BCUT2D eigenvalue weighted by Gasteiger charge is -2.28. The third-order valence-electron chi connectivity index (χ3n) is 6.97. The highest BCUT2D eigenvalue weighted by atomic mass is 14.3. The average molecular weight is 632 g/mol. The van der Waals surface area contributed by atoms with Gasteiger partial charge in [0, 0.05) is 0 Å². The van der Waals surface area contributed by atoms with Crippen molar-refractivity contribution in [2.75, 3.05) is 0 Å². The zero-order chi connectivity index (χ0) is 55.9. The third-order valence-corrected chi connectivity index (χ3v) is 6.97. The van der Waals surface area contributed by atoms with Crippen molar-refractivity contribution >= 4 is 0 Å². The van der Waals surface area contributed by atoms with Crippen molar-refractivity contribution < 1.29 is 37.0 Å². The first-order valence-corrected chi connectivity index (χ1v) is 14.3. The lowest BCUT2D eigenvalue weighted by atomic mass is 9.76. The topological polar surface area (TPSA) is 0 Å². The molecule has 0 aromatic heterocycles. The fourth-order valence-electron chi connectivity index (χ4n) is 4.94. The standard InChI is InChI=1S/C47H40/c1-33-23-25-37(26-24-33)41-28-40(36-19-12-7-13-20-36)31-43(32-41)45-22-14-21-44(46(45)47(2,3)4)42-29-38(34-15-8-5-9-16-34)27-39(30-42)35-17-10-6-11-18-35/h5-32H,1-4H3/i5D,6D,7D,8D,9D,10D,11D,12D,13D,14D,15D,16D,17D,18D,19D,20D,21D,22D,23D,24D,25D,26D,27D,28D,29D,30D,32D. The van der Waals surface area contributed by atoms with E-state index in [1.165, 1.54) is 27.7 Å². The first-order chi connectivity index (χ1) is 34.1. The van der Waals surface area contributed by atoms with Crippen LogP contribution >= 0.6 is 0 Å². The van der Waals surface area contributed by atoms with Gasteiger partial charge >= 0.3 is 0 Å². The Morgan fingerprint density at radius 1 is 0.362 bits per heavy atom. The molecule has 0 spiro atoms. The van der Waals surface area contributed by atoms with Crippen LogP contribution in [0.1, 0.15) is 68.9 Å². The fourth-order valence-corrected chi connectivity index (χ4v) is 4.94. The highest BCUT2D eigenvalue weighted by Gasteiger charge is 2.24. The summed E-state index contributed by atoms with van der Waals surface area (Å²) in [5.41, 5.74) is -10.2. The maximum atomic E-state index is 9.87. The van der Waals surface area contributed by atoms with Gasteiger partial charge in [0.15, 0.2) is 0 Å². The molecule has 0 saturated heterocycles. The van der Waals surface area contributed by atoms with Crippen LogP contribution in [0.5, 0.6) is 0 Å². The van der Waals surface area contributed by atoms with Crippen molar-refractivity contribution in [2.24, 2.45) is 0 Å². The van der Waals surface area contributed by atoms with Gasteiger partial charge < -0.3 is 0 Å². The summed E-state index contributed by atoms with van der Waals surface area (Å²) in [4.78, 5) is 0. The normalized spacial score (nSPS) is 19.4. The first kappa shape index (κ1) is 12.3. The average Bonchev–Trinajstić information content (AvgIpc) is 3.34. The molecule has 7 rings (SSSR count). The molecule has 47 heavy (non-hydrogen) atoms. The lowest BCUT2D eigenvalue weighted by Crippen LogP contribution is -2.15. The summed E-state index contributed by atoms with van der Waals surface area (Å²) in [6, 6.07) is -22.8. The maximum Gasteiger partial charge on any atom is 0.0636 e. The Morgan fingerprint density at radius 2 is 0.745 bits per heavy atom. The van der Waals surface area contributed by atoms with Gasteiger partial charge in [-0.25, -0.2) is 0 Å². The van der Waals surface area contributed by atoms with E-state index < -0.39 is 235 Å². The van der Waals surface area contributed by atoms with Gasteiger partial charge in [-0.05, 0) is 121 Å². The Hall–Kier alpha value is -5.46. The molecular formula is C47H40. The molecule has 7 aromatic rings. The molecule has 0 atom stereocenters.